The van der Waals surface area contributed by atoms with Crippen LogP contribution < -0.4 is 9.80 Å². The van der Waals surface area contributed by atoms with Crippen molar-refractivity contribution in [3.8, 4) is 11.1 Å². The summed E-state index contributed by atoms with van der Waals surface area (Å²) in [6, 6.07) is 5.24. The number of amides is 2. The molecule has 1 saturated heterocycles. The van der Waals surface area contributed by atoms with Crippen molar-refractivity contribution in [2.45, 2.75) is 52.3 Å². The minimum atomic E-state index is -2.90. The van der Waals surface area contributed by atoms with E-state index in [1.165, 1.54) is 7.11 Å². The van der Waals surface area contributed by atoms with Gasteiger partial charge in [-0.05, 0) is 57.2 Å². The van der Waals surface area contributed by atoms with Crippen molar-refractivity contribution < 1.29 is 27.5 Å². The zero-order valence-corrected chi connectivity index (χ0v) is 21.3. The normalized spacial score (nSPS) is 20.0. The van der Waals surface area contributed by atoms with E-state index >= 15 is 0 Å². The first-order valence-corrected chi connectivity index (χ1v) is 13.6. The third-order valence-corrected chi connectivity index (χ3v) is 8.14. The van der Waals surface area contributed by atoms with Crippen LogP contribution in [0.2, 0.25) is 0 Å². The molecular formula is C24H32N4O6S. The lowest BCUT2D eigenvalue weighted by atomic mass is 10.0. The number of hydrogen-bond donors (Lipinski definition) is 0. The molecule has 3 heterocycles. The van der Waals surface area contributed by atoms with Gasteiger partial charge in [0.25, 0.3) is 0 Å². The number of benzene rings is 1. The number of aromatic nitrogens is 2. The monoisotopic (exact) mass is 504 g/mol. The van der Waals surface area contributed by atoms with Crippen molar-refractivity contribution in [1.82, 2.24) is 9.78 Å². The van der Waals surface area contributed by atoms with Gasteiger partial charge >= 0.3 is 12.2 Å². The van der Waals surface area contributed by atoms with E-state index in [0.29, 0.717) is 30.8 Å². The molecule has 0 unspecified atom stereocenters. The van der Waals surface area contributed by atoms with E-state index in [4.69, 9.17) is 9.47 Å². The second kappa shape index (κ2) is 9.88. The molecule has 1 aromatic carbocycles. The van der Waals surface area contributed by atoms with Crippen LogP contribution in [-0.4, -0.2) is 67.7 Å². The number of ether oxygens (including phenoxy) is 2. The molecule has 4 rings (SSSR count). The van der Waals surface area contributed by atoms with E-state index in [2.05, 4.69) is 5.10 Å². The molecule has 0 saturated carbocycles. The maximum Gasteiger partial charge on any atom is 0.414 e. The van der Waals surface area contributed by atoms with Crippen molar-refractivity contribution in [3.05, 3.63) is 30.6 Å². The number of hydrogen-bond acceptors (Lipinski definition) is 7. The summed E-state index contributed by atoms with van der Waals surface area (Å²) in [6.07, 6.45) is 3.71. The van der Waals surface area contributed by atoms with Gasteiger partial charge in [-0.25, -0.2) is 18.0 Å². The molecule has 10 nitrogen and oxygen atoms in total. The third kappa shape index (κ3) is 5.44. The van der Waals surface area contributed by atoms with Crippen molar-refractivity contribution in [2.24, 2.45) is 5.92 Å². The van der Waals surface area contributed by atoms with Crippen LogP contribution in [-0.2, 0) is 25.9 Å². The Hall–Kier alpha value is -3.08. The summed E-state index contributed by atoms with van der Waals surface area (Å²) in [4.78, 5) is 28.5. The lowest BCUT2D eigenvalue weighted by molar-refractivity contribution is 0.121. The summed E-state index contributed by atoms with van der Waals surface area (Å²) < 4.78 is 35.7. The van der Waals surface area contributed by atoms with Gasteiger partial charge in [0, 0.05) is 18.3 Å². The smallest absolute Gasteiger partial charge is 0.414 e. The Morgan fingerprint density at radius 2 is 1.83 bits per heavy atom. The fraction of sp³-hybridized carbons (Fsp3) is 0.542. The topological polar surface area (TPSA) is 111 Å². The molecule has 0 aliphatic carbocycles. The highest BCUT2D eigenvalue weighted by atomic mass is 32.2. The maximum atomic E-state index is 12.9. The molecule has 35 heavy (non-hydrogen) atoms. The molecule has 11 heteroatoms. The average Bonchev–Trinajstić information content (AvgIpc) is 3.27. The minimum absolute atomic E-state index is 0.230. The number of anilines is 2. The van der Waals surface area contributed by atoms with Gasteiger partial charge in [-0.1, -0.05) is 6.07 Å². The fourth-order valence-electron chi connectivity index (χ4n) is 4.62. The standard InChI is InChI=1S/C24H32N4O6S/c1-16(2)34-23(29)27-13-17(3)28(24(30)33-4)21-6-5-19(11-22(21)27)20-12-25-26(15-20)14-18-7-9-35(31,32)10-8-18/h5-6,11-12,15-18H,7-10,13-14H2,1-4H3/t17-/m0/s1. The maximum absolute atomic E-state index is 12.9. The van der Waals surface area contributed by atoms with Crippen LogP contribution in [0.15, 0.2) is 30.6 Å². The van der Waals surface area contributed by atoms with E-state index in [0.717, 1.165) is 11.1 Å². The Labute approximate surface area is 205 Å². The minimum Gasteiger partial charge on any atom is -0.452 e. The number of carbonyl (C=O) groups is 2. The molecule has 190 valence electrons. The van der Waals surface area contributed by atoms with Gasteiger partial charge in [-0.3, -0.25) is 14.5 Å². The summed E-state index contributed by atoms with van der Waals surface area (Å²) in [5.41, 5.74) is 2.82. The first kappa shape index (κ1) is 25.0. The highest BCUT2D eigenvalue weighted by Gasteiger charge is 2.36. The van der Waals surface area contributed by atoms with Crippen LogP contribution >= 0.6 is 0 Å². The Kier molecular flexibility index (Phi) is 7.07. The number of fused-ring (bicyclic) bond motifs is 1. The molecule has 2 aliphatic rings. The average molecular weight is 505 g/mol. The van der Waals surface area contributed by atoms with Crippen LogP contribution in [0.25, 0.3) is 11.1 Å². The molecule has 0 radical (unpaired) electrons. The Morgan fingerprint density at radius 3 is 2.49 bits per heavy atom. The first-order valence-electron chi connectivity index (χ1n) is 11.8. The lowest BCUT2D eigenvalue weighted by Gasteiger charge is -2.40. The van der Waals surface area contributed by atoms with Gasteiger partial charge in [0.1, 0.15) is 9.84 Å². The SMILES string of the molecule is COC(=O)N1c2ccc(-c3cnn(CC4CCS(=O)(=O)CC4)c3)cc2N(C(=O)OC(C)C)C[C@@H]1C. The number of sulfone groups is 1. The lowest BCUT2D eigenvalue weighted by Crippen LogP contribution is -2.52. The van der Waals surface area contributed by atoms with E-state index in [-0.39, 0.29) is 36.1 Å². The van der Waals surface area contributed by atoms with Crippen LogP contribution in [0.3, 0.4) is 0 Å². The molecule has 2 aliphatic heterocycles. The summed E-state index contributed by atoms with van der Waals surface area (Å²) >= 11 is 0. The number of rotatable bonds is 4. The Bertz CT molecular complexity index is 1190. The summed E-state index contributed by atoms with van der Waals surface area (Å²) in [5.74, 6) is 0.730. The van der Waals surface area contributed by atoms with E-state index in [1.54, 1.807) is 35.9 Å². The van der Waals surface area contributed by atoms with Gasteiger partial charge in [0.2, 0.25) is 0 Å². The van der Waals surface area contributed by atoms with Crippen LogP contribution in [0.4, 0.5) is 21.0 Å². The van der Waals surface area contributed by atoms with E-state index in [1.807, 2.05) is 29.9 Å². The molecule has 0 spiro atoms. The predicted molar refractivity (Wildman–Crippen MR) is 132 cm³/mol. The summed E-state index contributed by atoms with van der Waals surface area (Å²) in [5, 5.41) is 4.47. The van der Waals surface area contributed by atoms with Crippen molar-refractivity contribution >= 4 is 33.4 Å². The number of nitrogens with zero attached hydrogens (tertiary/aromatic N) is 4. The first-order chi connectivity index (χ1) is 16.6. The highest BCUT2D eigenvalue weighted by Crippen LogP contribution is 2.39. The molecule has 2 aromatic rings. The van der Waals surface area contributed by atoms with E-state index < -0.39 is 22.0 Å². The van der Waals surface area contributed by atoms with Crippen molar-refractivity contribution in [1.29, 1.82) is 0 Å². The van der Waals surface area contributed by atoms with Gasteiger partial charge in [0.05, 0.1) is 54.9 Å². The van der Waals surface area contributed by atoms with Crippen LogP contribution in [0, 0.1) is 5.92 Å². The van der Waals surface area contributed by atoms with Crippen LogP contribution in [0.1, 0.15) is 33.6 Å². The Morgan fingerprint density at radius 1 is 1.11 bits per heavy atom. The third-order valence-electron chi connectivity index (χ3n) is 6.43. The van der Waals surface area contributed by atoms with Crippen molar-refractivity contribution in [3.63, 3.8) is 0 Å². The zero-order valence-electron chi connectivity index (χ0n) is 20.5. The van der Waals surface area contributed by atoms with E-state index in [9.17, 15) is 18.0 Å². The summed E-state index contributed by atoms with van der Waals surface area (Å²) in [6.45, 7) is 6.35. The number of carbonyl (C=O) groups excluding carboxylic acids is 2. The second-order valence-corrected chi connectivity index (χ2v) is 11.8. The van der Waals surface area contributed by atoms with Crippen LogP contribution in [0.5, 0.6) is 0 Å². The van der Waals surface area contributed by atoms with Gasteiger partial charge in [0.15, 0.2) is 0 Å². The molecule has 0 N–H and O–H groups in total. The number of methoxy groups -OCH3 is 1. The Balaban J connectivity index is 1.62. The van der Waals surface area contributed by atoms with Gasteiger partial charge in [-0.15, -0.1) is 0 Å². The van der Waals surface area contributed by atoms with Gasteiger partial charge in [-0.2, -0.15) is 5.10 Å². The largest absolute Gasteiger partial charge is 0.452 e. The molecule has 1 fully saturated rings. The molecular weight excluding hydrogens is 472 g/mol. The molecule has 0 bridgehead atoms. The fourth-order valence-corrected chi connectivity index (χ4v) is 6.21. The second-order valence-electron chi connectivity index (χ2n) is 9.48. The predicted octanol–water partition coefficient (Wildman–Crippen LogP) is 3.70. The summed E-state index contributed by atoms with van der Waals surface area (Å²) in [7, 11) is -1.57. The molecule has 1 aromatic heterocycles. The molecule has 1 atom stereocenters. The zero-order chi connectivity index (χ0) is 25.3. The quantitative estimate of drug-likeness (QED) is 0.624. The van der Waals surface area contributed by atoms with Gasteiger partial charge < -0.3 is 9.47 Å². The molecule has 2 amide bonds. The van der Waals surface area contributed by atoms with Crippen molar-refractivity contribution in [2.75, 3.05) is 35.0 Å². The highest BCUT2D eigenvalue weighted by molar-refractivity contribution is 7.91.